The van der Waals surface area contributed by atoms with Crippen molar-refractivity contribution >= 4 is 11.6 Å². The van der Waals surface area contributed by atoms with Gasteiger partial charge in [-0.05, 0) is 42.9 Å². The molecule has 16 heavy (non-hydrogen) atoms. The molecule has 2 rings (SSSR count). The minimum atomic E-state index is 0.642. The van der Waals surface area contributed by atoms with Gasteiger partial charge in [0.15, 0.2) is 0 Å². The normalized spacial score (nSPS) is 28.8. The van der Waals surface area contributed by atoms with Gasteiger partial charge in [-0.25, -0.2) is 0 Å². The summed E-state index contributed by atoms with van der Waals surface area (Å²) in [7, 11) is 0. The Morgan fingerprint density at radius 1 is 1.38 bits per heavy atom. The van der Waals surface area contributed by atoms with Gasteiger partial charge in [-0.15, -0.1) is 0 Å². The Kier molecular flexibility index (Phi) is 3.88. The molecule has 1 aliphatic rings. The van der Waals surface area contributed by atoms with Crippen molar-refractivity contribution in [2.45, 2.75) is 38.6 Å². The Labute approximate surface area is 103 Å². The highest BCUT2D eigenvalue weighted by Crippen LogP contribution is 2.44. The van der Waals surface area contributed by atoms with Crippen LogP contribution in [-0.2, 0) is 0 Å². The summed E-state index contributed by atoms with van der Waals surface area (Å²) in [5.41, 5.74) is 1.33. The summed E-state index contributed by atoms with van der Waals surface area (Å²) in [6, 6.07) is 8.93. The van der Waals surface area contributed by atoms with E-state index in [0.717, 1.165) is 11.6 Å². The van der Waals surface area contributed by atoms with Crippen molar-refractivity contribution in [2.24, 2.45) is 5.92 Å². The van der Waals surface area contributed by atoms with Crippen LogP contribution >= 0.6 is 11.6 Å². The van der Waals surface area contributed by atoms with Crippen LogP contribution in [0.2, 0.25) is 5.02 Å². The molecule has 1 nitrogen and oxygen atoms in total. The lowest BCUT2D eigenvalue weighted by Crippen LogP contribution is -2.48. The highest BCUT2D eigenvalue weighted by molar-refractivity contribution is 6.31. The monoisotopic (exact) mass is 237 g/mol. The van der Waals surface area contributed by atoms with Gasteiger partial charge in [-0.2, -0.15) is 0 Å². The van der Waals surface area contributed by atoms with E-state index in [1.54, 1.807) is 0 Å². The van der Waals surface area contributed by atoms with Crippen molar-refractivity contribution in [1.82, 2.24) is 5.32 Å². The van der Waals surface area contributed by atoms with E-state index in [2.05, 4.69) is 31.3 Å². The molecule has 1 N–H and O–H groups in total. The van der Waals surface area contributed by atoms with Crippen LogP contribution in [0.3, 0.4) is 0 Å². The molecule has 1 aromatic carbocycles. The first-order chi connectivity index (χ1) is 7.74. The summed E-state index contributed by atoms with van der Waals surface area (Å²) in [4.78, 5) is 0. The van der Waals surface area contributed by atoms with Crippen LogP contribution in [0.5, 0.6) is 0 Å². The summed E-state index contributed by atoms with van der Waals surface area (Å²) >= 11 is 6.23. The molecule has 0 bridgehead atoms. The van der Waals surface area contributed by atoms with Gasteiger partial charge in [0.05, 0.1) is 0 Å². The SMILES string of the molecule is CCCNC1CC(c2ccccc2Cl)C1C. The molecule has 1 aromatic rings. The Bertz CT molecular complexity index is 350. The van der Waals surface area contributed by atoms with Crippen molar-refractivity contribution < 1.29 is 0 Å². The van der Waals surface area contributed by atoms with Crippen LogP contribution in [-0.4, -0.2) is 12.6 Å². The predicted octanol–water partition coefficient (Wildman–Crippen LogP) is 3.83. The second-order valence-electron chi connectivity index (χ2n) is 4.78. The molecule has 0 aromatic heterocycles. The molecule has 0 spiro atoms. The van der Waals surface area contributed by atoms with Gasteiger partial charge in [0.1, 0.15) is 0 Å². The van der Waals surface area contributed by atoms with E-state index in [-0.39, 0.29) is 0 Å². The van der Waals surface area contributed by atoms with Gasteiger partial charge in [-0.1, -0.05) is 43.6 Å². The third-order valence-corrected chi connectivity index (χ3v) is 4.08. The predicted molar refractivity (Wildman–Crippen MR) is 70.1 cm³/mol. The minimum Gasteiger partial charge on any atom is -0.314 e. The van der Waals surface area contributed by atoms with E-state index in [9.17, 15) is 0 Å². The van der Waals surface area contributed by atoms with Crippen LogP contribution < -0.4 is 5.32 Å². The molecule has 2 heteroatoms. The van der Waals surface area contributed by atoms with Gasteiger partial charge in [0.25, 0.3) is 0 Å². The van der Waals surface area contributed by atoms with E-state index in [1.807, 2.05) is 12.1 Å². The van der Waals surface area contributed by atoms with E-state index in [0.29, 0.717) is 17.9 Å². The molecule has 88 valence electrons. The standard InChI is InChI=1S/C14H20ClN/c1-3-8-16-14-9-12(10(14)2)11-6-4-5-7-13(11)15/h4-7,10,12,14,16H,3,8-9H2,1-2H3. The quantitative estimate of drug-likeness (QED) is 0.839. The number of hydrogen-bond acceptors (Lipinski definition) is 1. The van der Waals surface area contributed by atoms with Gasteiger partial charge in [0.2, 0.25) is 0 Å². The Morgan fingerprint density at radius 3 is 2.75 bits per heavy atom. The van der Waals surface area contributed by atoms with Crippen LogP contribution in [0, 0.1) is 5.92 Å². The highest BCUT2D eigenvalue weighted by Gasteiger charge is 2.38. The zero-order valence-electron chi connectivity index (χ0n) is 10.0. The fourth-order valence-corrected chi connectivity index (χ4v) is 2.85. The van der Waals surface area contributed by atoms with Crippen LogP contribution in [0.4, 0.5) is 0 Å². The zero-order valence-corrected chi connectivity index (χ0v) is 10.8. The summed E-state index contributed by atoms with van der Waals surface area (Å²) in [5.74, 6) is 1.34. The third-order valence-electron chi connectivity index (χ3n) is 3.74. The average Bonchev–Trinajstić information content (AvgIpc) is 2.29. The van der Waals surface area contributed by atoms with Crippen molar-refractivity contribution in [2.75, 3.05) is 6.54 Å². The number of nitrogens with one attached hydrogen (secondary N) is 1. The first kappa shape index (κ1) is 11.9. The molecule has 0 aliphatic heterocycles. The fraction of sp³-hybridized carbons (Fsp3) is 0.571. The first-order valence-corrected chi connectivity index (χ1v) is 6.59. The topological polar surface area (TPSA) is 12.0 Å². The molecule has 1 aliphatic carbocycles. The first-order valence-electron chi connectivity index (χ1n) is 6.21. The largest absolute Gasteiger partial charge is 0.314 e. The third kappa shape index (κ3) is 2.26. The molecule has 3 unspecified atom stereocenters. The second-order valence-corrected chi connectivity index (χ2v) is 5.19. The fourth-order valence-electron chi connectivity index (χ4n) is 2.57. The van der Waals surface area contributed by atoms with Gasteiger partial charge in [-0.3, -0.25) is 0 Å². The van der Waals surface area contributed by atoms with E-state index in [4.69, 9.17) is 11.6 Å². The Hall–Kier alpha value is -0.530. The van der Waals surface area contributed by atoms with E-state index in [1.165, 1.54) is 18.4 Å². The summed E-state index contributed by atoms with van der Waals surface area (Å²) in [6.45, 7) is 5.66. The summed E-state index contributed by atoms with van der Waals surface area (Å²) in [6.07, 6.45) is 2.44. The lowest BCUT2D eigenvalue weighted by molar-refractivity contribution is 0.185. The highest BCUT2D eigenvalue weighted by atomic mass is 35.5. The van der Waals surface area contributed by atoms with Crippen LogP contribution in [0.25, 0.3) is 0 Å². The van der Waals surface area contributed by atoms with E-state index < -0.39 is 0 Å². The Morgan fingerprint density at radius 2 is 2.12 bits per heavy atom. The molecule has 1 saturated carbocycles. The average molecular weight is 238 g/mol. The maximum atomic E-state index is 6.23. The molecule has 0 radical (unpaired) electrons. The number of halogens is 1. The van der Waals surface area contributed by atoms with Crippen LogP contribution in [0.15, 0.2) is 24.3 Å². The summed E-state index contributed by atoms with van der Waals surface area (Å²) in [5, 5.41) is 4.52. The molecular weight excluding hydrogens is 218 g/mol. The molecular formula is C14H20ClN. The van der Waals surface area contributed by atoms with Crippen LogP contribution in [0.1, 0.15) is 38.2 Å². The van der Waals surface area contributed by atoms with E-state index >= 15 is 0 Å². The lowest BCUT2D eigenvalue weighted by Gasteiger charge is -2.44. The molecule has 3 atom stereocenters. The summed E-state index contributed by atoms with van der Waals surface area (Å²) < 4.78 is 0. The van der Waals surface area contributed by atoms with Gasteiger partial charge >= 0.3 is 0 Å². The number of hydrogen-bond donors (Lipinski definition) is 1. The molecule has 0 heterocycles. The van der Waals surface area contributed by atoms with Crippen molar-refractivity contribution in [1.29, 1.82) is 0 Å². The zero-order chi connectivity index (χ0) is 11.5. The van der Waals surface area contributed by atoms with Crippen molar-refractivity contribution in [3.05, 3.63) is 34.9 Å². The minimum absolute atomic E-state index is 0.642. The molecule has 1 fully saturated rings. The van der Waals surface area contributed by atoms with Crippen molar-refractivity contribution in [3.8, 4) is 0 Å². The molecule has 0 saturated heterocycles. The number of benzene rings is 1. The van der Waals surface area contributed by atoms with Gasteiger partial charge < -0.3 is 5.32 Å². The van der Waals surface area contributed by atoms with Crippen molar-refractivity contribution in [3.63, 3.8) is 0 Å². The Balaban J connectivity index is 1.97. The second kappa shape index (κ2) is 5.20. The molecule has 0 amide bonds. The maximum Gasteiger partial charge on any atom is 0.0440 e. The maximum absolute atomic E-state index is 6.23. The number of rotatable bonds is 4. The lowest BCUT2D eigenvalue weighted by atomic mass is 9.67. The van der Waals surface area contributed by atoms with Gasteiger partial charge in [0, 0.05) is 11.1 Å². The smallest absolute Gasteiger partial charge is 0.0440 e.